The summed E-state index contributed by atoms with van der Waals surface area (Å²) in [4.78, 5) is 0. The lowest BCUT2D eigenvalue weighted by atomic mass is 9.71. The van der Waals surface area contributed by atoms with Crippen LogP contribution in [0.2, 0.25) is 0 Å². The number of benzene rings is 1. The Morgan fingerprint density at radius 3 is 2.65 bits per heavy atom. The first-order valence-corrected chi connectivity index (χ1v) is 6.80. The van der Waals surface area contributed by atoms with Crippen molar-refractivity contribution in [3.05, 3.63) is 34.1 Å². The van der Waals surface area contributed by atoms with Crippen molar-refractivity contribution in [2.45, 2.75) is 38.5 Å². The largest absolute Gasteiger partial charge is 0.206 e. The van der Waals surface area contributed by atoms with Crippen molar-refractivity contribution < 1.29 is 4.39 Å². The Hall–Kier alpha value is -0.880. The number of nitriles is 1. The van der Waals surface area contributed by atoms with Crippen LogP contribution in [-0.2, 0) is 6.42 Å². The number of nitrogens with zero attached hydrogens (tertiary/aromatic N) is 1. The first kappa shape index (κ1) is 12.6. The normalized spacial score (nSPS) is 18.6. The molecule has 1 aromatic rings. The third-order valence-corrected chi connectivity index (χ3v) is 4.50. The Bertz CT molecular complexity index is 444. The van der Waals surface area contributed by atoms with Crippen molar-refractivity contribution >= 4 is 15.9 Å². The van der Waals surface area contributed by atoms with Gasteiger partial charge in [0.2, 0.25) is 0 Å². The highest BCUT2D eigenvalue weighted by atomic mass is 79.9. The van der Waals surface area contributed by atoms with E-state index < -0.39 is 0 Å². The monoisotopic (exact) mass is 295 g/mol. The van der Waals surface area contributed by atoms with Crippen LogP contribution in [0.15, 0.2) is 22.7 Å². The van der Waals surface area contributed by atoms with Crippen LogP contribution in [0.1, 0.15) is 37.7 Å². The molecule has 1 aromatic carbocycles. The smallest absolute Gasteiger partial charge is 0.137 e. The minimum Gasteiger partial charge on any atom is -0.206 e. The number of halogens is 2. The molecular weight excluding hydrogens is 281 g/mol. The van der Waals surface area contributed by atoms with E-state index in [2.05, 4.69) is 22.0 Å². The average molecular weight is 296 g/mol. The van der Waals surface area contributed by atoms with E-state index in [4.69, 9.17) is 0 Å². The highest BCUT2D eigenvalue weighted by molar-refractivity contribution is 9.10. The number of hydrogen-bond acceptors (Lipinski definition) is 1. The number of hydrogen-bond donors (Lipinski definition) is 0. The summed E-state index contributed by atoms with van der Waals surface area (Å²) in [5, 5.41) is 9.40. The molecule has 2 rings (SSSR count). The van der Waals surface area contributed by atoms with E-state index in [9.17, 15) is 9.65 Å². The zero-order valence-electron chi connectivity index (χ0n) is 9.68. The van der Waals surface area contributed by atoms with Crippen LogP contribution < -0.4 is 0 Å². The Balaban J connectivity index is 2.24. The fourth-order valence-electron chi connectivity index (χ4n) is 2.61. The van der Waals surface area contributed by atoms with Gasteiger partial charge in [0, 0.05) is 0 Å². The predicted molar refractivity (Wildman–Crippen MR) is 68.9 cm³/mol. The topological polar surface area (TPSA) is 23.8 Å². The van der Waals surface area contributed by atoms with E-state index in [1.165, 1.54) is 12.5 Å². The molecule has 1 fully saturated rings. The summed E-state index contributed by atoms with van der Waals surface area (Å²) in [5.41, 5.74) is 0.627. The van der Waals surface area contributed by atoms with E-state index in [1.807, 2.05) is 6.07 Å². The lowest BCUT2D eigenvalue weighted by molar-refractivity contribution is 0.265. The van der Waals surface area contributed by atoms with Gasteiger partial charge in [0.1, 0.15) is 5.82 Å². The number of rotatable bonds is 2. The molecule has 0 bridgehead atoms. The predicted octanol–water partition coefficient (Wildman–Crippen LogP) is 4.60. The van der Waals surface area contributed by atoms with Crippen LogP contribution in [0.25, 0.3) is 0 Å². The maximum Gasteiger partial charge on any atom is 0.137 e. The molecule has 3 heteroatoms. The van der Waals surface area contributed by atoms with E-state index in [-0.39, 0.29) is 11.2 Å². The second-order valence-electron chi connectivity index (χ2n) is 4.84. The molecule has 1 nitrogen and oxygen atoms in total. The lowest BCUT2D eigenvalue weighted by Gasteiger charge is -2.31. The third kappa shape index (κ3) is 2.69. The zero-order chi connectivity index (χ0) is 12.3. The molecule has 1 aliphatic carbocycles. The van der Waals surface area contributed by atoms with Crippen LogP contribution >= 0.6 is 15.9 Å². The second kappa shape index (κ2) is 5.18. The summed E-state index contributed by atoms with van der Waals surface area (Å²) in [6.45, 7) is 0. The first-order chi connectivity index (χ1) is 8.17. The molecule has 0 amide bonds. The van der Waals surface area contributed by atoms with Crippen molar-refractivity contribution in [3.8, 4) is 6.07 Å². The van der Waals surface area contributed by atoms with Gasteiger partial charge >= 0.3 is 0 Å². The van der Waals surface area contributed by atoms with Gasteiger partial charge in [-0.1, -0.05) is 31.4 Å². The molecule has 0 heterocycles. The maximum atomic E-state index is 13.4. The Morgan fingerprint density at radius 2 is 2.00 bits per heavy atom. The minimum absolute atomic E-state index is 0.244. The third-order valence-electron chi connectivity index (χ3n) is 3.61. The SMILES string of the molecule is N#CC1(Cc2cccc(F)c2Br)CCCCC1. The Morgan fingerprint density at radius 1 is 1.29 bits per heavy atom. The van der Waals surface area contributed by atoms with Gasteiger partial charge in [-0.15, -0.1) is 0 Å². The molecule has 0 atom stereocenters. The van der Waals surface area contributed by atoms with Crippen LogP contribution in [-0.4, -0.2) is 0 Å². The van der Waals surface area contributed by atoms with Crippen LogP contribution in [0.3, 0.4) is 0 Å². The molecule has 0 N–H and O–H groups in total. The summed E-state index contributed by atoms with van der Waals surface area (Å²) in [6, 6.07) is 7.52. The fraction of sp³-hybridized carbons (Fsp3) is 0.500. The summed E-state index contributed by atoms with van der Waals surface area (Å²) < 4.78 is 13.9. The molecule has 0 radical (unpaired) electrons. The van der Waals surface area contributed by atoms with Gasteiger partial charge in [-0.2, -0.15) is 5.26 Å². The van der Waals surface area contributed by atoms with E-state index in [1.54, 1.807) is 6.07 Å². The van der Waals surface area contributed by atoms with Crippen molar-refractivity contribution in [3.63, 3.8) is 0 Å². The molecule has 1 aliphatic rings. The van der Waals surface area contributed by atoms with Gasteiger partial charge < -0.3 is 0 Å². The molecule has 0 aromatic heterocycles. The molecule has 90 valence electrons. The highest BCUT2D eigenvalue weighted by Gasteiger charge is 2.32. The van der Waals surface area contributed by atoms with Gasteiger partial charge in [0.25, 0.3) is 0 Å². The standard InChI is InChI=1S/C14H15BrFN/c15-13-11(5-4-6-12(13)16)9-14(10-17)7-2-1-3-8-14/h4-6H,1-3,7-9H2. The molecule has 1 saturated carbocycles. The Kier molecular flexibility index (Phi) is 3.83. The first-order valence-electron chi connectivity index (χ1n) is 6.01. The van der Waals surface area contributed by atoms with Crippen molar-refractivity contribution in [1.82, 2.24) is 0 Å². The summed E-state index contributed by atoms with van der Waals surface area (Å²) in [5.74, 6) is -0.244. The average Bonchev–Trinajstić information content (AvgIpc) is 2.36. The maximum absolute atomic E-state index is 13.4. The fourth-order valence-corrected chi connectivity index (χ4v) is 3.01. The van der Waals surface area contributed by atoms with E-state index in [0.717, 1.165) is 31.2 Å². The van der Waals surface area contributed by atoms with Crippen molar-refractivity contribution in [1.29, 1.82) is 5.26 Å². The summed E-state index contributed by atoms with van der Waals surface area (Å²) >= 11 is 3.28. The highest BCUT2D eigenvalue weighted by Crippen LogP contribution is 2.40. The minimum atomic E-state index is -0.283. The van der Waals surface area contributed by atoms with Crippen molar-refractivity contribution in [2.24, 2.45) is 5.41 Å². The summed E-state index contributed by atoms with van der Waals surface area (Å²) in [7, 11) is 0. The summed E-state index contributed by atoms with van der Waals surface area (Å²) in [6.07, 6.45) is 5.97. The van der Waals surface area contributed by atoms with Crippen LogP contribution in [0.5, 0.6) is 0 Å². The van der Waals surface area contributed by atoms with Crippen LogP contribution in [0.4, 0.5) is 4.39 Å². The quantitative estimate of drug-likeness (QED) is 0.782. The van der Waals surface area contributed by atoms with Gasteiger partial charge in [-0.3, -0.25) is 0 Å². The molecule has 0 unspecified atom stereocenters. The molecular formula is C14H15BrFN. The van der Waals surface area contributed by atoms with Gasteiger partial charge in [0.05, 0.1) is 16.0 Å². The second-order valence-corrected chi connectivity index (χ2v) is 5.64. The molecule has 0 spiro atoms. The van der Waals surface area contributed by atoms with Gasteiger partial charge in [-0.05, 0) is 46.8 Å². The zero-order valence-corrected chi connectivity index (χ0v) is 11.3. The molecule has 0 aliphatic heterocycles. The van der Waals surface area contributed by atoms with E-state index >= 15 is 0 Å². The van der Waals surface area contributed by atoms with E-state index in [0.29, 0.717) is 10.9 Å². The van der Waals surface area contributed by atoms with Crippen molar-refractivity contribution in [2.75, 3.05) is 0 Å². The Labute approximate surface area is 110 Å². The lowest BCUT2D eigenvalue weighted by Crippen LogP contribution is -2.25. The molecule has 0 saturated heterocycles. The molecule has 17 heavy (non-hydrogen) atoms. The van der Waals surface area contributed by atoms with Gasteiger partial charge in [0.15, 0.2) is 0 Å². The van der Waals surface area contributed by atoms with Crippen LogP contribution in [0, 0.1) is 22.6 Å². The van der Waals surface area contributed by atoms with Gasteiger partial charge in [-0.25, -0.2) is 4.39 Å².